The maximum Gasteiger partial charge on any atom is 0.338 e. The molecule has 5 heteroatoms. The Balaban J connectivity index is 0.00000180. The van der Waals surface area contributed by atoms with E-state index in [2.05, 4.69) is 0 Å². The van der Waals surface area contributed by atoms with E-state index in [9.17, 15) is 4.79 Å². The Kier molecular flexibility index (Phi) is 6.84. The summed E-state index contributed by atoms with van der Waals surface area (Å²) in [6.07, 6.45) is 4.64. The van der Waals surface area contributed by atoms with Gasteiger partial charge in [0.05, 0.1) is 6.61 Å². The van der Waals surface area contributed by atoms with Crippen molar-refractivity contribution < 1.29 is 14.6 Å². The van der Waals surface area contributed by atoms with Crippen LogP contribution in [0.25, 0.3) is 0 Å². The minimum atomic E-state index is -0.847. The van der Waals surface area contributed by atoms with Crippen molar-refractivity contribution in [3.05, 3.63) is 34.9 Å². The van der Waals surface area contributed by atoms with Gasteiger partial charge >= 0.3 is 5.97 Å². The molecule has 0 aliphatic carbocycles. The van der Waals surface area contributed by atoms with Crippen molar-refractivity contribution in [2.45, 2.75) is 37.7 Å². The molecule has 0 amide bonds. The molecule has 2 rings (SSSR count). The number of ether oxygens (including phenoxy) is 1. The van der Waals surface area contributed by atoms with Gasteiger partial charge in [0.25, 0.3) is 0 Å². The molecule has 99 valence electrons. The molecule has 3 nitrogen and oxygen atoms in total. The SMILES string of the molecule is O=C(O)C1(CCCCCc2ccc(Cl)cc2)CO1.[Na]. The third-order valence-corrected chi connectivity index (χ3v) is 3.59. The summed E-state index contributed by atoms with van der Waals surface area (Å²) in [6, 6.07) is 7.86. The van der Waals surface area contributed by atoms with E-state index < -0.39 is 11.6 Å². The fourth-order valence-corrected chi connectivity index (χ4v) is 2.16. The van der Waals surface area contributed by atoms with E-state index in [1.165, 1.54) is 5.56 Å². The molecule has 1 N–H and O–H groups in total. The Hall–Kier alpha value is -0.0600. The van der Waals surface area contributed by atoms with E-state index in [1.807, 2.05) is 24.3 Å². The Morgan fingerprint density at radius 1 is 1.26 bits per heavy atom. The quantitative estimate of drug-likeness (QED) is 0.477. The molecule has 1 atom stereocenters. The molecule has 1 heterocycles. The van der Waals surface area contributed by atoms with Crippen LogP contribution in [-0.4, -0.2) is 52.8 Å². The molecule has 1 aliphatic heterocycles. The number of aliphatic carboxylic acids is 1. The molecule has 0 saturated carbocycles. The van der Waals surface area contributed by atoms with Crippen LogP contribution in [0.1, 0.15) is 31.2 Å². The summed E-state index contributed by atoms with van der Waals surface area (Å²) < 4.78 is 5.02. The van der Waals surface area contributed by atoms with Gasteiger partial charge in [0.15, 0.2) is 5.60 Å². The van der Waals surface area contributed by atoms with Crippen LogP contribution in [-0.2, 0) is 16.0 Å². The van der Waals surface area contributed by atoms with Gasteiger partial charge in [-0.1, -0.05) is 30.2 Å². The molecule has 1 saturated heterocycles. The number of unbranched alkanes of at least 4 members (excludes halogenated alkanes) is 2. The van der Waals surface area contributed by atoms with Crippen molar-refractivity contribution >= 4 is 47.1 Å². The number of halogens is 1. The monoisotopic (exact) mass is 291 g/mol. The summed E-state index contributed by atoms with van der Waals surface area (Å²) in [5.74, 6) is -0.819. The fourth-order valence-electron chi connectivity index (χ4n) is 2.03. The molecule has 19 heavy (non-hydrogen) atoms. The van der Waals surface area contributed by atoms with Gasteiger partial charge in [0.2, 0.25) is 0 Å². The first-order valence-electron chi connectivity index (χ1n) is 6.24. The summed E-state index contributed by atoms with van der Waals surface area (Å²) in [7, 11) is 0. The Labute approximate surface area is 140 Å². The molecular formula is C14H17ClNaO3. The van der Waals surface area contributed by atoms with Crippen LogP contribution < -0.4 is 0 Å². The Morgan fingerprint density at radius 3 is 2.42 bits per heavy atom. The predicted octanol–water partition coefficient (Wildman–Crippen LogP) is 2.92. The summed E-state index contributed by atoms with van der Waals surface area (Å²) in [5.41, 5.74) is 0.426. The van der Waals surface area contributed by atoms with Crippen molar-refractivity contribution in [2.24, 2.45) is 0 Å². The predicted molar refractivity (Wildman–Crippen MR) is 75.7 cm³/mol. The van der Waals surface area contributed by atoms with E-state index in [0.717, 1.165) is 30.7 Å². The van der Waals surface area contributed by atoms with Crippen molar-refractivity contribution in [1.29, 1.82) is 0 Å². The minimum absolute atomic E-state index is 0. The van der Waals surface area contributed by atoms with Gasteiger partial charge in [-0.05, 0) is 43.4 Å². The van der Waals surface area contributed by atoms with Crippen LogP contribution in [0.2, 0.25) is 5.02 Å². The molecule has 1 radical (unpaired) electrons. The van der Waals surface area contributed by atoms with Crippen LogP contribution in [0, 0.1) is 0 Å². The second-order valence-corrected chi connectivity index (χ2v) is 5.21. The van der Waals surface area contributed by atoms with Crippen molar-refractivity contribution in [3.8, 4) is 0 Å². The van der Waals surface area contributed by atoms with E-state index in [4.69, 9.17) is 21.4 Å². The van der Waals surface area contributed by atoms with Crippen LogP contribution in [0.3, 0.4) is 0 Å². The topological polar surface area (TPSA) is 49.8 Å². The number of hydrogen-bond donors (Lipinski definition) is 1. The first kappa shape index (κ1) is 17.0. The van der Waals surface area contributed by atoms with Crippen LogP contribution in [0.15, 0.2) is 24.3 Å². The summed E-state index contributed by atoms with van der Waals surface area (Å²) in [5, 5.41) is 9.68. The van der Waals surface area contributed by atoms with E-state index in [1.54, 1.807) is 0 Å². The zero-order chi connectivity index (χ0) is 13.0. The van der Waals surface area contributed by atoms with Gasteiger partial charge in [-0.3, -0.25) is 0 Å². The molecular weight excluding hydrogens is 275 g/mol. The smallest absolute Gasteiger partial charge is 0.338 e. The second kappa shape index (κ2) is 7.65. The number of carboxylic acid groups (broad SMARTS) is 1. The number of hydrogen-bond acceptors (Lipinski definition) is 2. The first-order valence-corrected chi connectivity index (χ1v) is 6.62. The van der Waals surface area contributed by atoms with Gasteiger partial charge in [-0.25, -0.2) is 4.79 Å². The summed E-state index contributed by atoms with van der Waals surface area (Å²) in [6.45, 7) is 0.375. The number of benzene rings is 1. The molecule has 0 spiro atoms. The van der Waals surface area contributed by atoms with Crippen molar-refractivity contribution in [3.63, 3.8) is 0 Å². The molecule has 1 aromatic rings. The average molecular weight is 292 g/mol. The third-order valence-electron chi connectivity index (χ3n) is 3.34. The number of carboxylic acids is 1. The van der Waals surface area contributed by atoms with Gasteiger partial charge < -0.3 is 9.84 Å². The van der Waals surface area contributed by atoms with E-state index >= 15 is 0 Å². The molecule has 0 aromatic heterocycles. The summed E-state index contributed by atoms with van der Waals surface area (Å²) in [4.78, 5) is 10.9. The molecule has 1 aliphatic rings. The Bertz CT molecular complexity index is 415. The number of carbonyl (C=O) groups is 1. The molecule has 1 fully saturated rings. The molecule has 0 bridgehead atoms. The minimum Gasteiger partial charge on any atom is -0.479 e. The fraction of sp³-hybridized carbons (Fsp3) is 0.500. The maximum absolute atomic E-state index is 10.9. The number of rotatable bonds is 7. The summed E-state index contributed by atoms with van der Waals surface area (Å²) >= 11 is 5.81. The van der Waals surface area contributed by atoms with Crippen molar-refractivity contribution in [1.82, 2.24) is 0 Å². The zero-order valence-electron chi connectivity index (χ0n) is 11.2. The van der Waals surface area contributed by atoms with E-state index in [0.29, 0.717) is 13.0 Å². The molecule has 1 unspecified atom stereocenters. The zero-order valence-corrected chi connectivity index (χ0v) is 13.9. The van der Waals surface area contributed by atoms with Gasteiger partial charge in [-0.2, -0.15) is 0 Å². The van der Waals surface area contributed by atoms with Gasteiger partial charge in [-0.15, -0.1) is 0 Å². The molecule has 1 aromatic carbocycles. The van der Waals surface area contributed by atoms with Crippen LogP contribution in [0.5, 0.6) is 0 Å². The first-order chi connectivity index (χ1) is 8.62. The standard InChI is InChI=1S/C14H17ClO3.Na/c15-12-7-5-11(6-8-12)4-2-1-3-9-14(10-18-14)13(16)17;/h5-8H,1-4,9-10H2,(H,16,17);. The van der Waals surface area contributed by atoms with E-state index in [-0.39, 0.29) is 29.6 Å². The van der Waals surface area contributed by atoms with Gasteiger partial charge in [0, 0.05) is 34.6 Å². The maximum atomic E-state index is 10.9. The normalized spacial score (nSPS) is 20.7. The third kappa shape index (κ3) is 5.09. The average Bonchev–Trinajstić information content (AvgIpc) is 3.12. The van der Waals surface area contributed by atoms with Crippen LogP contribution in [0.4, 0.5) is 0 Å². The largest absolute Gasteiger partial charge is 0.479 e. The number of aryl methyl sites for hydroxylation is 1. The second-order valence-electron chi connectivity index (χ2n) is 4.78. The van der Waals surface area contributed by atoms with Gasteiger partial charge in [0.1, 0.15) is 0 Å². The number of epoxide rings is 1. The van der Waals surface area contributed by atoms with Crippen LogP contribution >= 0.6 is 11.6 Å². The van der Waals surface area contributed by atoms with Crippen molar-refractivity contribution in [2.75, 3.05) is 6.61 Å². The Morgan fingerprint density at radius 2 is 1.89 bits per heavy atom.